The van der Waals surface area contributed by atoms with Crippen molar-refractivity contribution in [2.45, 2.75) is 20.4 Å². The maximum Gasteiger partial charge on any atom is 0.248 e. The van der Waals surface area contributed by atoms with Gasteiger partial charge in [0.2, 0.25) is 5.91 Å². The summed E-state index contributed by atoms with van der Waals surface area (Å²) in [4.78, 5) is 11.1. The molecule has 0 radical (unpaired) electrons. The molecule has 0 aliphatic carbocycles. The predicted molar refractivity (Wildman–Crippen MR) is 78.2 cm³/mol. The first-order chi connectivity index (χ1) is 9.49. The van der Waals surface area contributed by atoms with Crippen LogP contribution in [0.15, 0.2) is 36.4 Å². The fourth-order valence-electron chi connectivity index (χ4n) is 2.09. The van der Waals surface area contributed by atoms with Crippen molar-refractivity contribution in [1.29, 1.82) is 0 Å². The quantitative estimate of drug-likeness (QED) is 0.898. The number of carbonyl (C=O) groups excluding carboxylic acids is 1. The van der Waals surface area contributed by atoms with Crippen LogP contribution in [0.25, 0.3) is 0 Å². The van der Waals surface area contributed by atoms with E-state index in [1.54, 1.807) is 18.2 Å². The number of benzene rings is 2. The van der Waals surface area contributed by atoms with Gasteiger partial charge in [-0.1, -0.05) is 18.2 Å². The summed E-state index contributed by atoms with van der Waals surface area (Å²) in [5.74, 6) is -0.714. The van der Waals surface area contributed by atoms with Crippen LogP contribution in [0.2, 0.25) is 0 Å². The average Bonchev–Trinajstić information content (AvgIpc) is 2.39. The normalized spacial score (nSPS) is 10.3. The van der Waals surface area contributed by atoms with Crippen molar-refractivity contribution in [2.24, 2.45) is 5.73 Å². The summed E-state index contributed by atoms with van der Waals surface area (Å²) in [7, 11) is 0. The van der Waals surface area contributed by atoms with Gasteiger partial charge in [-0.05, 0) is 48.7 Å². The van der Waals surface area contributed by atoms with Crippen molar-refractivity contribution in [1.82, 2.24) is 0 Å². The molecular formula is C16H17FN2O. The molecule has 2 aromatic rings. The average molecular weight is 272 g/mol. The molecule has 3 N–H and O–H groups in total. The van der Waals surface area contributed by atoms with Crippen molar-refractivity contribution in [3.05, 3.63) is 64.5 Å². The summed E-state index contributed by atoms with van der Waals surface area (Å²) in [5, 5.41) is 3.10. The number of nitrogens with two attached hydrogens (primary N) is 1. The smallest absolute Gasteiger partial charge is 0.248 e. The SMILES string of the molecule is Cc1cc(C(N)=O)ccc1CNc1c(C)cccc1F. The molecule has 2 aromatic carbocycles. The highest BCUT2D eigenvalue weighted by molar-refractivity contribution is 5.93. The second-order valence-corrected chi connectivity index (χ2v) is 4.79. The third kappa shape index (κ3) is 2.96. The number of nitrogens with one attached hydrogen (secondary N) is 1. The highest BCUT2D eigenvalue weighted by Crippen LogP contribution is 2.20. The number of para-hydroxylation sites is 1. The lowest BCUT2D eigenvalue weighted by molar-refractivity contribution is 0.1000. The Kier molecular flexibility index (Phi) is 4.03. The number of amides is 1. The molecule has 0 aliphatic heterocycles. The molecule has 0 heterocycles. The van der Waals surface area contributed by atoms with Crippen LogP contribution in [0.5, 0.6) is 0 Å². The van der Waals surface area contributed by atoms with Crippen molar-refractivity contribution in [2.75, 3.05) is 5.32 Å². The van der Waals surface area contributed by atoms with E-state index < -0.39 is 5.91 Å². The summed E-state index contributed by atoms with van der Waals surface area (Å²) in [6.45, 7) is 4.25. The molecule has 0 saturated carbocycles. The molecule has 0 saturated heterocycles. The lowest BCUT2D eigenvalue weighted by Gasteiger charge is -2.12. The lowest BCUT2D eigenvalue weighted by Crippen LogP contribution is -2.12. The van der Waals surface area contributed by atoms with Crippen LogP contribution in [0.4, 0.5) is 10.1 Å². The Morgan fingerprint density at radius 1 is 1.20 bits per heavy atom. The number of rotatable bonds is 4. The van der Waals surface area contributed by atoms with Crippen molar-refractivity contribution >= 4 is 11.6 Å². The zero-order valence-corrected chi connectivity index (χ0v) is 11.5. The van der Waals surface area contributed by atoms with Crippen LogP contribution in [-0.2, 0) is 6.54 Å². The summed E-state index contributed by atoms with van der Waals surface area (Å²) in [5.41, 5.74) is 9.02. The van der Waals surface area contributed by atoms with Crippen LogP contribution in [0, 0.1) is 19.7 Å². The highest BCUT2D eigenvalue weighted by Gasteiger charge is 2.07. The number of anilines is 1. The van der Waals surface area contributed by atoms with E-state index >= 15 is 0 Å². The molecule has 0 bridgehead atoms. The summed E-state index contributed by atoms with van der Waals surface area (Å²) in [6.07, 6.45) is 0. The Hall–Kier alpha value is -2.36. The first-order valence-electron chi connectivity index (χ1n) is 6.37. The third-order valence-electron chi connectivity index (χ3n) is 3.30. The molecule has 0 aromatic heterocycles. The van der Waals surface area contributed by atoms with E-state index in [2.05, 4.69) is 5.32 Å². The topological polar surface area (TPSA) is 55.1 Å². The first-order valence-corrected chi connectivity index (χ1v) is 6.37. The van der Waals surface area contributed by atoms with E-state index in [4.69, 9.17) is 5.73 Å². The van der Waals surface area contributed by atoms with E-state index in [9.17, 15) is 9.18 Å². The molecule has 0 unspecified atom stereocenters. The van der Waals surface area contributed by atoms with Gasteiger partial charge in [-0.3, -0.25) is 4.79 Å². The Balaban J connectivity index is 2.17. The third-order valence-corrected chi connectivity index (χ3v) is 3.30. The van der Waals surface area contributed by atoms with Gasteiger partial charge in [0.25, 0.3) is 0 Å². The number of aryl methyl sites for hydroxylation is 2. The molecule has 104 valence electrons. The molecule has 1 amide bonds. The molecule has 0 aliphatic rings. The summed E-state index contributed by atoms with van der Waals surface area (Å²) in [6, 6.07) is 10.2. The molecular weight excluding hydrogens is 255 g/mol. The van der Waals surface area contributed by atoms with Crippen molar-refractivity contribution in [3.8, 4) is 0 Å². The van der Waals surface area contributed by atoms with Gasteiger partial charge in [0.05, 0.1) is 5.69 Å². The molecule has 20 heavy (non-hydrogen) atoms. The number of halogens is 1. The second-order valence-electron chi connectivity index (χ2n) is 4.79. The van der Waals surface area contributed by atoms with Crippen LogP contribution in [0.3, 0.4) is 0 Å². The Labute approximate surface area is 117 Å². The predicted octanol–water partition coefficient (Wildman–Crippen LogP) is 3.15. The van der Waals surface area contributed by atoms with Gasteiger partial charge >= 0.3 is 0 Å². The minimum atomic E-state index is -0.447. The Bertz CT molecular complexity index is 633. The molecule has 4 heteroatoms. The van der Waals surface area contributed by atoms with E-state index in [1.807, 2.05) is 26.0 Å². The molecule has 0 atom stereocenters. The van der Waals surface area contributed by atoms with Gasteiger partial charge in [-0.2, -0.15) is 0 Å². The van der Waals surface area contributed by atoms with E-state index in [-0.39, 0.29) is 5.82 Å². The van der Waals surface area contributed by atoms with Crippen LogP contribution in [-0.4, -0.2) is 5.91 Å². The number of hydrogen-bond acceptors (Lipinski definition) is 2. The molecule has 0 fully saturated rings. The van der Waals surface area contributed by atoms with Gasteiger partial charge in [0, 0.05) is 12.1 Å². The fourth-order valence-corrected chi connectivity index (χ4v) is 2.09. The fraction of sp³-hybridized carbons (Fsp3) is 0.188. The van der Waals surface area contributed by atoms with E-state index in [1.165, 1.54) is 6.07 Å². The van der Waals surface area contributed by atoms with Crippen molar-refractivity contribution < 1.29 is 9.18 Å². The maximum atomic E-state index is 13.7. The lowest BCUT2D eigenvalue weighted by atomic mass is 10.0. The van der Waals surface area contributed by atoms with Gasteiger partial charge in [-0.25, -0.2) is 4.39 Å². The highest BCUT2D eigenvalue weighted by atomic mass is 19.1. The largest absolute Gasteiger partial charge is 0.378 e. The molecule has 2 rings (SSSR count). The van der Waals surface area contributed by atoms with Gasteiger partial charge in [0.1, 0.15) is 5.82 Å². The zero-order chi connectivity index (χ0) is 14.7. The minimum absolute atomic E-state index is 0.267. The van der Waals surface area contributed by atoms with Crippen molar-refractivity contribution in [3.63, 3.8) is 0 Å². The second kappa shape index (κ2) is 5.74. The van der Waals surface area contributed by atoms with Crippen LogP contribution in [0.1, 0.15) is 27.0 Å². The van der Waals surface area contributed by atoms with Gasteiger partial charge in [0.15, 0.2) is 0 Å². The summed E-state index contributed by atoms with van der Waals surface area (Å²) < 4.78 is 13.7. The van der Waals surface area contributed by atoms with E-state index in [0.717, 1.165) is 16.7 Å². The first kappa shape index (κ1) is 14.1. The molecule has 0 spiro atoms. The zero-order valence-electron chi connectivity index (χ0n) is 11.5. The Morgan fingerprint density at radius 2 is 1.95 bits per heavy atom. The monoisotopic (exact) mass is 272 g/mol. The molecule has 3 nitrogen and oxygen atoms in total. The van der Waals surface area contributed by atoms with Gasteiger partial charge < -0.3 is 11.1 Å². The van der Waals surface area contributed by atoms with Gasteiger partial charge in [-0.15, -0.1) is 0 Å². The maximum absolute atomic E-state index is 13.7. The standard InChI is InChI=1S/C16H17FN2O/c1-10-4-3-5-14(17)15(10)19-9-13-7-6-12(16(18)20)8-11(13)2/h3-8,19H,9H2,1-2H3,(H2,18,20). The van der Waals surface area contributed by atoms with E-state index in [0.29, 0.717) is 17.8 Å². The number of hydrogen-bond donors (Lipinski definition) is 2. The minimum Gasteiger partial charge on any atom is -0.378 e. The number of primary amides is 1. The number of carbonyl (C=O) groups is 1. The van der Waals surface area contributed by atoms with Crippen LogP contribution < -0.4 is 11.1 Å². The van der Waals surface area contributed by atoms with Crippen LogP contribution >= 0.6 is 0 Å². The summed E-state index contributed by atoms with van der Waals surface area (Å²) >= 11 is 0. The Morgan fingerprint density at radius 3 is 2.55 bits per heavy atom.